The zero-order valence-corrected chi connectivity index (χ0v) is 14.6. The Bertz CT molecular complexity index is 363. The molecule has 0 aromatic carbocycles. The summed E-state index contributed by atoms with van der Waals surface area (Å²) < 4.78 is 0. The number of aromatic nitrogens is 1. The zero-order chi connectivity index (χ0) is 12.7. The van der Waals surface area contributed by atoms with Crippen molar-refractivity contribution in [1.29, 1.82) is 0 Å². The lowest BCUT2D eigenvalue weighted by molar-refractivity contribution is 0.614. The molecule has 0 radical (unpaired) electrons. The third-order valence-electron chi connectivity index (χ3n) is 2.20. The predicted octanol–water partition coefficient (Wildman–Crippen LogP) is 2.43. The Morgan fingerprint density at radius 3 is 2.67 bits per heavy atom. The van der Waals surface area contributed by atoms with Crippen LogP contribution in [0.2, 0.25) is 0 Å². The van der Waals surface area contributed by atoms with Gasteiger partial charge in [0.25, 0.3) is 0 Å². The van der Waals surface area contributed by atoms with Crippen LogP contribution in [-0.4, -0.2) is 31.1 Å². The second-order valence-electron chi connectivity index (χ2n) is 4.39. The van der Waals surface area contributed by atoms with Gasteiger partial charge in [-0.1, -0.05) is 13.8 Å². The Kier molecular flexibility index (Phi) is 9.35. The van der Waals surface area contributed by atoms with Crippen molar-refractivity contribution in [3.63, 3.8) is 0 Å². The molecule has 4 nitrogen and oxygen atoms in total. The fourth-order valence-corrected chi connectivity index (χ4v) is 2.11. The molecule has 0 aliphatic carbocycles. The first-order chi connectivity index (χ1) is 8.11. The summed E-state index contributed by atoms with van der Waals surface area (Å²) in [6, 6.07) is 0. The van der Waals surface area contributed by atoms with Gasteiger partial charge in [0, 0.05) is 37.6 Å². The van der Waals surface area contributed by atoms with Crippen LogP contribution in [0.3, 0.4) is 0 Å². The summed E-state index contributed by atoms with van der Waals surface area (Å²) in [5.41, 5.74) is 0. The molecule has 0 bridgehead atoms. The minimum absolute atomic E-state index is 0. The lowest BCUT2D eigenvalue weighted by Gasteiger charge is -2.12. The van der Waals surface area contributed by atoms with Crippen LogP contribution in [0.25, 0.3) is 0 Å². The Hall–Kier alpha value is -0.370. The molecule has 1 heterocycles. The molecule has 18 heavy (non-hydrogen) atoms. The second kappa shape index (κ2) is 9.55. The Morgan fingerprint density at radius 2 is 2.17 bits per heavy atom. The standard InChI is InChI=1S/C12H22N4S.HI/c1-9(2)7-16-12(13-4)14-6-5-11-15-8-10(3)17-11;/h8-9H,5-7H2,1-4H3,(H2,13,14,16);1H. The smallest absolute Gasteiger partial charge is 0.190 e. The van der Waals surface area contributed by atoms with Gasteiger partial charge in [0.1, 0.15) is 0 Å². The van der Waals surface area contributed by atoms with E-state index >= 15 is 0 Å². The maximum absolute atomic E-state index is 4.33. The minimum Gasteiger partial charge on any atom is -0.356 e. The number of aliphatic imine (C=N–C) groups is 1. The zero-order valence-electron chi connectivity index (χ0n) is 11.5. The van der Waals surface area contributed by atoms with E-state index in [1.165, 1.54) is 9.88 Å². The summed E-state index contributed by atoms with van der Waals surface area (Å²) in [5.74, 6) is 1.49. The molecule has 2 N–H and O–H groups in total. The van der Waals surface area contributed by atoms with Crippen LogP contribution in [0.1, 0.15) is 23.7 Å². The number of hydrogen-bond donors (Lipinski definition) is 2. The number of nitrogens with zero attached hydrogens (tertiary/aromatic N) is 2. The van der Waals surface area contributed by atoms with E-state index in [1.807, 2.05) is 6.20 Å². The molecule has 0 aliphatic rings. The quantitative estimate of drug-likeness (QED) is 0.467. The number of aryl methyl sites for hydroxylation is 1. The fourth-order valence-electron chi connectivity index (χ4n) is 1.33. The van der Waals surface area contributed by atoms with Gasteiger partial charge in [-0.15, -0.1) is 35.3 Å². The van der Waals surface area contributed by atoms with Crippen molar-refractivity contribution in [2.24, 2.45) is 10.9 Å². The van der Waals surface area contributed by atoms with E-state index < -0.39 is 0 Å². The second-order valence-corrected chi connectivity index (χ2v) is 5.71. The van der Waals surface area contributed by atoms with Gasteiger partial charge in [0.15, 0.2) is 5.96 Å². The largest absolute Gasteiger partial charge is 0.356 e. The van der Waals surface area contributed by atoms with Crippen LogP contribution < -0.4 is 10.6 Å². The van der Waals surface area contributed by atoms with Crippen LogP contribution in [0.5, 0.6) is 0 Å². The van der Waals surface area contributed by atoms with E-state index in [1.54, 1.807) is 18.4 Å². The summed E-state index contributed by atoms with van der Waals surface area (Å²) >= 11 is 1.75. The monoisotopic (exact) mass is 382 g/mol. The molecular weight excluding hydrogens is 359 g/mol. The van der Waals surface area contributed by atoms with E-state index in [0.29, 0.717) is 5.92 Å². The van der Waals surface area contributed by atoms with Crippen LogP contribution in [-0.2, 0) is 6.42 Å². The van der Waals surface area contributed by atoms with Crippen molar-refractivity contribution in [3.8, 4) is 0 Å². The molecule has 1 rings (SSSR count). The number of nitrogens with one attached hydrogen (secondary N) is 2. The average molecular weight is 382 g/mol. The molecule has 0 unspecified atom stereocenters. The van der Waals surface area contributed by atoms with Gasteiger partial charge >= 0.3 is 0 Å². The first-order valence-corrected chi connectivity index (χ1v) is 6.79. The molecule has 0 aliphatic heterocycles. The normalized spacial score (nSPS) is 11.3. The Morgan fingerprint density at radius 1 is 1.44 bits per heavy atom. The number of thiazole rings is 1. The van der Waals surface area contributed by atoms with Crippen LogP contribution in [0.15, 0.2) is 11.2 Å². The van der Waals surface area contributed by atoms with Gasteiger partial charge in [-0.05, 0) is 12.8 Å². The Balaban J connectivity index is 0.00000289. The molecule has 1 aromatic rings. The van der Waals surface area contributed by atoms with E-state index in [9.17, 15) is 0 Å². The van der Waals surface area contributed by atoms with E-state index in [4.69, 9.17) is 0 Å². The lowest BCUT2D eigenvalue weighted by Crippen LogP contribution is -2.39. The topological polar surface area (TPSA) is 49.3 Å². The fraction of sp³-hybridized carbons (Fsp3) is 0.667. The average Bonchev–Trinajstić information content (AvgIpc) is 2.69. The Labute approximate surface area is 131 Å². The summed E-state index contributed by atoms with van der Waals surface area (Å²) in [6.45, 7) is 8.25. The minimum atomic E-state index is 0. The highest BCUT2D eigenvalue weighted by molar-refractivity contribution is 14.0. The number of halogens is 1. The van der Waals surface area contributed by atoms with E-state index in [2.05, 4.69) is 41.4 Å². The van der Waals surface area contributed by atoms with Gasteiger partial charge in [-0.25, -0.2) is 4.98 Å². The molecule has 0 spiro atoms. The van der Waals surface area contributed by atoms with Gasteiger partial charge in [-0.3, -0.25) is 4.99 Å². The summed E-state index contributed by atoms with van der Waals surface area (Å²) in [6.07, 6.45) is 2.87. The van der Waals surface area contributed by atoms with Crippen molar-refractivity contribution in [3.05, 3.63) is 16.1 Å². The summed E-state index contributed by atoms with van der Waals surface area (Å²) in [7, 11) is 1.79. The molecular formula is C12H23IN4S. The van der Waals surface area contributed by atoms with E-state index in [-0.39, 0.29) is 24.0 Å². The van der Waals surface area contributed by atoms with Crippen molar-refractivity contribution in [1.82, 2.24) is 15.6 Å². The highest BCUT2D eigenvalue weighted by Gasteiger charge is 2.01. The van der Waals surface area contributed by atoms with Crippen LogP contribution >= 0.6 is 35.3 Å². The van der Waals surface area contributed by atoms with Crippen molar-refractivity contribution in [2.75, 3.05) is 20.1 Å². The molecule has 0 saturated heterocycles. The molecule has 0 saturated carbocycles. The van der Waals surface area contributed by atoms with Gasteiger partial charge in [0.2, 0.25) is 0 Å². The van der Waals surface area contributed by atoms with Gasteiger partial charge < -0.3 is 10.6 Å². The van der Waals surface area contributed by atoms with Crippen molar-refractivity contribution < 1.29 is 0 Å². The van der Waals surface area contributed by atoms with Gasteiger partial charge in [-0.2, -0.15) is 0 Å². The van der Waals surface area contributed by atoms with Crippen LogP contribution in [0, 0.1) is 12.8 Å². The van der Waals surface area contributed by atoms with Crippen LogP contribution in [0.4, 0.5) is 0 Å². The number of guanidine groups is 1. The molecule has 0 fully saturated rings. The summed E-state index contributed by atoms with van der Waals surface area (Å²) in [5, 5.41) is 7.75. The molecule has 1 aromatic heterocycles. The SMILES string of the molecule is CN=C(NCCc1ncc(C)s1)NCC(C)C.I. The molecule has 104 valence electrons. The summed E-state index contributed by atoms with van der Waals surface area (Å²) in [4.78, 5) is 9.77. The molecule has 6 heteroatoms. The number of rotatable bonds is 5. The highest BCUT2D eigenvalue weighted by Crippen LogP contribution is 2.10. The lowest BCUT2D eigenvalue weighted by atomic mass is 10.2. The third kappa shape index (κ3) is 7.15. The third-order valence-corrected chi connectivity index (χ3v) is 3.17. The molecule has 0 atom stereocenters. The maximum atomic E-state index is 4.33. The highest BCUT2D eigenvalue weighted by atomic mass is 127. The first kappa shape index (κ1) is 17.6. The van der Waals surface area contributed by atoms with Gasteiger partial charge in [0.05, 0.1) is 5.01 Å². The van der Waals surface area contributed by atoms with Crippen molar-refractivity contribution in [2.45, 2.75) is 27.2 Å². The first-order valence-electron chi connectivity index (χ1n) is 5.97. The molecule has 0 amide bonds. The predicted molar refractivity (Wildman–Crippen MR) is 90.2 cm³/mol. The van der Waals surface area contributed by atoms with E-state index in [0.717, 1.165) is 25.5 Å². The number of hydrogen-bond acceptors (Lipinski definition) is 3. The van der Waals surface area contributed by atoms with Crippen molar-refractivity contribution >= 4 is 41.3 Å². The maximum Gasteiger partial charge on any atom is 0.190 e.